The van der Waals surface area contributed by atoms with Gasteiger partial charge in [0.25, 0.3) is 0 Å². The Hall–Kier alpha value is -0.300. The van der Waals surface area contributed by atoms with Crippen molar-refractivity contribution in [1.29, 1.82) is 0 Å². The van der Waals surface area contributed by atoms with E-state index in [4.69, 9.17) is 5.11 Å². The average molecular weight is 509 g/mol. The van der Waals surface area contributed by atoms with E-state index in [0.717, 1.165) is 6.42 Å². The second kappa shape index (κ2) is 39.2. The SMILES string of the molecule is CCCCCCCCC=CCCCCCCCCO.CCCCCCCCCCCCCCCCC. The van der Waals surface area contributed by atoms with E-state index in [1.165, 1.54) is 180 Å². The van der Waals surface area contributed by atoms with Crippen molar-refractivity contribution in [2.24, 2.45) is 0 Å². The molecule has 218 valence electrons. The average Bonchev–Trinajstić information content (AvgIpc) is 2.89. The van der Waals surface area contributed by atoms with Gasteiger partial charge in [-0.25, -0.2) is 0 Å². The standard InChI is InChI=1S/C18H36O.C17H36/c1-2-3-4-5-6-7-8-9-10-11-12-13-14-15-16-17-18-19;1-3-5-7-9-11-13-15-17-16-14-12-10-8-6-4-2/h9-10,19H,2-8,11-18H2,1H3;3-17H2,1-2H3. The fraction of sp³-hybridized carbons (Fsp3) is 0.943. The third-order valence-electron chi connectivity index (χ3n) is 7.38. The van der Waals surface area contributed by atoms with Crippen molar-refractivity contribution in [1.82, 2.24) is 0 Å². The maximum Gasteiger partial charge on any atom is 0.0431 e. The van der Waals surface area contributed by atoms with Crippen LogP contribution in [0.5, 0.6) is 0 Å². The fourth-order valence-corrected chi connectivity index (χ4v) is 4.80. The molecule has 0 aliphatic rings. The van der Waals surface area contributed by atoms with Crippen LogP contribution in [0.1, 0.15) is 207 Å². The molecule has 0 fully saturated rings. The minimum Gasteiger partial charge on any atom is -0.396 e. The molecule has 0 aromatic carbocycles. The first-order chi connectivity index (χ1) is 17.8. The highest BCUT2D eigenvalue weighted by atomic mass is 16.2. The van der Waals surface area contributed by atoms with E-state index in [9.17, 15) is 0 Å². The third-order valence-corrected chi connectivity index (χ3v) is 7.38. The predicted octanol–water partition coefficient (Wildman–Crippen LogP) is 12.9. The molecule has 0 atom stereocenters. The van der Waals surface area contributed by atoms with E-state index in [1.54, 1.807) is 0 Å². The Morgan fingerprint density at radius 1 is 0.306 bits per heavy atom. The lowest BCUT2D eigenvalue weighted by atomic mass is 10.0. The summed E-state index contributed by atoms with van der Waals surface area (Å²) < 4.78 is 0. The fourth-order valence-electron chi connectivity index (χ4n) is 4.80. The molecular weight excluding hydrogens is 436 g/mol. The van der Waals surface area contributed by atoms with Crippen LogP contribution in [0.4, 0.5) is 0 Å². The summed E-state index contributed by atoms with van der Waals surface area (Å²) in [4.78, 5) is 0. The minimum atomic E-state index is 0.362. The third kappa shape index (κ3) is 40.9. The van der Waals surface area contributed by atoms with Gasteiger partial charge in [-0.1, -0.05) is 187 Å². The molecule has 0 aromatic heterocycles. The monoisotopic (exact) mass is 509 g/mol. The largest absolute Gasteiger partial charge is 0.396 e. The molecular formula is C35H72O. The van der Waals surface area contributed by atoms with Crippen molar-refractivity contribution in [3.8, 4) is 0 Å². The topological polar surface area (TPSA) is 20.2 Å². The molecule has 0 spiro atoms. The van der Waals surface area contributed by atoms with Crippen LogP contribution in [0.2, 0.25) is 0 Å². The van der Waals surface area contributed by atoms with Gasteiger partial charge < -0.3 is 5.11 Å². The van der Waals surface area contributed by atoms with Crippen molar-refractivity contribution in [2.45, 2.75) is 207 Å². The number of unbranched alkanes of at least 4 members (excludes halogenated alkanes) is 26. The number of rotatable bonds is 29. The molecule has 0 aliphatic carbocycles. The molecule has 1 nitrogen and oxygen atoms in total. The Morgan fingerprint density at radius 3 is 0.778 bits per heavy atom. The Bertz CT molecular complexity index is 348. The molecule has 0 aromatic rings. The molecule has 0 rings (SSSR count). The van der Waals surface area contributed by atoms with Crippen LogP contribution < -0.4 is 0 Å². The highest BCUT2D eigenvalue weighted by Gasteiger charge is 1.94. The lowest BCUT2D eigenvalue weighted by Crippen LogP contribution is -1.83. The number of hydrogen-bond donors (Lipinski definition) is 1. The van der Waals surface area contributed by atoms with Gasteiger partial charge in [-0.05, 0) is 32.1 Å². The summed E-state index contributed by atoms with van der Waals surface area (Å²) in [5.74, 6) is 0. The van der Waals surface area contributed by atoms with Gasteiger partial charge >= 0.3 is 0 Å². The zero-order valence-electron chi connectivity index (χ0n) is 25.8. The Balaban J connectivity index is 0. The van der Waals surface area contributed by atoms with Crippen LogP contribution in [0.25, 0.3) is 0 Å². The summed E-state index contributed by atoms with van der Waals surface area (Å²) in [6.07, 6.45) is 45.1. The van der Waals surface area contributed by atoms with Crippen LogP contribution in [0.15, 0.2) is 12.2 Å². The molecule has 1 heteroatoms. The second-order valence-electron chi connectivity index (χ2n) is 11.3. The molecule has 0 aliphatic heterocycles. The molecule has 0 saturated heterocycles. The molecule has 0 bridgehead atoms. The van der Waals surface area contributed by atoms with Gasteiger partial charge in [0, 0.05) is 6.61 Å². The van der Waals surface area contributed by atoms with Crippen molar-refractivity contribution < 1.29 is 5.11 Å². The summed E-state index contributed by atoms with van der Waals surface area (Å²) in [7, 11) is 0. The number of aliphatic hydroxyl groups excluding tert-OH is 1. The Labute approximate surface area is 230 Å². The second-order valence-corrected chi connectivity index (χ2v) is 11.3. The first kappa shape index (κ1) is 37.9. The summed E-state index contributed by atoms with van der Waals surface area (Å²) in [6, 6.07) is 0. The van der Waals surface area contributed by atoms with Gasteiger partial charge in [-0.15, -0.1) is 0 Å². The van der Waals surface area contributed by atoms with Gasteiger partial charge in [0.15, 0.2) is 0 Å². The Kier molecular flexibility index (Phi) is 41.2. The van der Waals surface area contributed by atoms with Gasteiger partial charge in [0.2, 0.25) is 0 Å². The smallest absolute Gasteiger partial charge is 0.0431 e. The summed E-state index contributed by atoms with van der Waals surface area (Å²) in [5, 5.41) is 8.66. The molecule has 36 heavy (non-hydrogen) atoms. The summed E-state index contributed by atoms with van der Waals surface area (Å²) in [6.45, 7) is 7.22. The van der Waals surface area contributed by atoms with Crippen LogP contribution in [0.3, 0.4) is 0 Å². The van der Waals surface area contributed by atoms with E-state index >= 15 is 0 Å². The van der Waals surface area contributed by atoms with E-state index in [-0.39, 0.29) is 0 Å². The number of allylic oxidation sites excluding steroid dienone is 2. The van der Waals surface area contributed by atoms with Crippen molar-refractivity contribution in [3.05, 3.63) is 12.2 Å². The number of hydrogen-bond acceptors (Lipinski definition) is 1. The molecule has 1 N–H and O–H groups in total. The van der Waals surface area contributed by atoms with Gasteiger partial charge in [0.05, 0.1) is 0 Å². The molecule has 0 radical (unpaired) electrons. The lowest BCUT2D eigenvalue weighted by molar-refractivity contribution is 0.282. The van der Waals surface area contributed by atoms with Crippen LogP contribution in [0, 0.1) is 0 Å². The van der Waals surface area contributed by atoms with E-state index in [0.29, 0.717) is 6.61 Å². The van der Waals surface area contributed by atoms with Crippen LogP contribution in [-0.2, 0) is 0 Å². The van der Waals surface area contributed by atoms with Gasteiger partial charge in [-0.3, -0.25) is 0 Å². The Morgan fingerprint density at radius 2 is 0.528 bits per heavy atom. The molecule has 0 amide bonds. The quantitative estimate of drug-likeness (QED) is 0.0786. The molecule has 0 heterocycles. The summed E-state index contributed by atoms with van der Waals surface area (Å²) >= 11 is 0. The minimum absolute atomic E-state index is 0.362. The van der Waals surface area contributed by atoms with E-state index in [2.05, 4.69) is 32.9 Å². The predicted molar refractivity (Wildman–Crippen MR) is 167 cm³/mol. The normalized spacial score (nSPS) is 11.2. The molecule has 0 saturated carbocycles. The first-order valence-corrected chi connectivity index (χ1v) is 17.1. The highest BCUT2D eigenvalue weighted by molar-refractivity contribution is 4.81. The highest BCUT2D eigenvalue weighted by Crippen LogP contribution is 2.13. The molecule has 0 unspecified atom stereocenters. The van der Waals surface area contributed by atoms with Gasteiger partial charge in [0.1, 0.15) is 0 Å². The first-order valence-electron chi connectivity index (χ1n) is 17.1. The number of aliphatic hydroxyl groups is 1. The van der Waals surface area contributed by atoms with Crippen molar-refractivity contribution in [3.63, 3.8) is 0 Å². The van der Waals surface area contributed by atoms with Crippen LogP contribution in [-0.4, -0.2) is 11.7 Å². The van der Waals surface area contributed by atoms with Crippen molar-refractivity contribution >= 4 is 0 Å². The maximum atomic E-state index is 8.66. The van der Waals surface area contributed by atoms with Gasteiger partial charge in [-0.2, -0.15) is 0 Å². The zero-order chi connectivity index (χ0) is 26.6. The zero-order valence-corrected chi connectivity index (χ0v) is 25.8. The van der Waals surface area contributed by atoms with Crippen molar-refractivity contribution in [2.75, 3.05) is 6.61 Å². The maximum absolute atomic E-state index is 8.66. The lowest BCUT2D eigenvalue weighted by Gasteiger charge is -2.02. The van der Waals surface area contributed by atoms with Crippen LogP contribution >= 0.6 is 0 Å². The summed E-state index contributed by atoms with van der Waals surface area (Å²) in [5.41, 5.74) is 0. The van der Waals surface area contributed by atoms with E-state index < -0.39 is 0 Å². The van der Waals surface area contributed by atoms with E-state index in [1.807, 2.05) is 0 Å².